The van der Waals surface area contributed by atoms with E-state index in [4.69, 9.17) is 45.3 Å². The van der Waals surface area contributed by atoms with Gasteiger partial charge in [0.15, 0.2) is 4.32 Å². The number of halogens is 2. The molecule has 0 saturated carbocycles. The van der Waals surface area contributed by atoms with Gasteiger partial charge in [0.2, 0.25) is 0 Å². The molecule has 0 bridgehead atoms. The molecule has 0 radical (unpaired) electrons. The molecule has 8 nitrogen and oxygen atoms in total. The van der Waals surface area contributed by atoms with Crippen molar-refractivity contribution in [2.24, 2.45) is 7.05 Å². The average Bonchev–Trinajstić information content (AvgIpc) is 3.72. The molecule has 4 aromatic carbocycles. The van der Waals surface area contributed by atoms with E-state index in [1.54, 1.807) is 41.5 Å². The minimum absolute atomic E-state index is 0.230. The van der Waals surface area contributed by atoms with E-state index in [9.17, 15) is 9.59 Å². The summed E-state index contributed by atoms with van der Waals surface area (Å²) in [5.74, 6) is 0.281. The third-order valence-corrected chi connectivity index (χ3v) is 10.0. The van der Waals surface area contributed by atoms with E-state index in [2.05, 4.69) is 0 Å². The van der Waals surface area contributed by atoms with Crippen molar-refractivity contribution in [1.29, 1.82) is 0 Å². The van der Waals surface area contributed by atoms with Gasteiger partial charge in [0, 0.05) is 40.0 Å². The molecule has 6 aromatic rings. The quantitative estimate of drug-likeness (QED) is 0.116. The molecule has 7 rings (SSSR count). The fraction of sp³-hybridized carbons (Fsp3) is 0.0811. The molecular formula is C37H27Cl2N5O3S2. The monoisotopic (exact) mass is 723 g/mol. The van der Waals surface area contributed by atoms with Crippen LogP contribution in [0.2, 0.25) is 10.0 Å². The van der Waals surface area contributed by atoms with E-state index in [1.807, 2.05) is 97.2 Å². The summed E-state index contributed by atoms with van der Waals surface area (Å²) in [4.78, 5) is 29.5. The average molecular weight is 725 g/mol. The number of ether oxygens (including phenoxy) is 1. The van der Waals surface area contributed by atoms with E-state index in [0.717, 1.165) is 28.6 Å². The maximum atomic E-state index is 14.0. The van der Waals surface area contributed by atoms with E-state index in [-0.39, 0.29) is 28.1 Å². The zero-order valence-corrected chi connectivity index (χ0v) is 29.4. The Morgan fingerprint density at radius 3 is 2.24 bits per heavy atom. The van der Waals surface area contributed by atoms with Crippen LogP contribution in [0.5, 0.6) is 5.75 Å². The standard InChI is InChI=1S/C37H27Cl2N5O3S2/c1-23-34(36(46)44(41(23)2)29-11-7-4-8-12-29)43-35(45)32(49-37(43)48)19-26-21-42(28-9-5-3-6-10-28)40-33(26)24-14-17-30(18-15-24)47-22-25-13-16-27(38)20-31(25)39/h3-21H,22H2,1-2H3/b32-19-. The summed E-state index contributed by atoms with van der Waals surface area (Å²) >= 11 is 19.2. The third kappa shape index (κ3) is 6.36. The summed E-state index contributed by atoms with van der Waals surface area (Å²) in [6.45, 7) is 2.08. The Kier molecular flexibility index (Phi) is 9.04. The maximum Gasteiger partial charge on any atom is 0.296 e. The number of benzene rings is 4. The van der Waals surface area contributed by atoms with Gasteiger partial charge >= 0.3 is 0 Å². The highest BCUT2D eigenvalue weighted by atomic mass is 35.5. The molecule has 0 atom stereocenters. The van der Waals surface area contributed by atoms with Gasteiger partial charge in [-0.15, -0.1) is 0 Å². The first-order valence-electron chi connectivity index (χ1n) is 15.1. The van der Waals surface area contributed by atoms with Crippen LogP contribution < -0.4 is 15.2 Å². The van der Waals surface area contributed by atoms with Crippen LogP contribution in [0.1, 0.15) is 16.8 Å². The molecule has 0 spiro atoms. The Morgan fingerprint density at radius 2 is 1.57 bits per heavy atom. The minimum Gasteiger partial charge on any atom is -0.489 e. The normalized spacial score (nSPS) is 13.9. The number of carbonyl (C=O) groups is 1. The van der Waals surface area contributed by atoms with Gasteiger partial charge < -0.3 is 4.74 Å². The van der Waals surface area contributed by atoms with Crippen LogP contribution in [0.25, 0.3) is 28.7 Å². The number of nitrogens with zero attached hydrogens (tertiary/aromatic N) is 5. The molecule has 3 heterocycles. The summed E-state index contributed by atoms with van der Waals surface area (Å²) < 4.78 is 11.3. The molecular weight excluding hydrogens is 697 g/mol. The van der Waals surface area contributed by atoms with Crippen molar-refractivity contribution in [2.75, 3.05) is 4.90 Å². The highest BCUT2D eigenvalue weighted by molar-refractivity contribution is 8.27. The number of hydrogen-bond acceptors (Lipinski definition) is 6. The molecule has 1 amide bonds. The first-order chi connectivity index (χ1) is 23.7. The second-order valence-electron chi connectivity index (χ2n) is 11.2. The molecule has 1 fully saturated rings. The summed E-state index contributed by atoms with van der Waals surface area (Å²) in [6.07, 6.45) is 3.66. The lowest BCUT2D eigenvalue weighted by Gasteiger charge is -2.12. The van der Waals surface area contributed by atoms with Gasteiger partial charge in [-0.05, 0) is 73.7 Å². The number of hydrogen-bond donors (Lipinski definition) is 0. The van der Waals surface area contributed by atoms with Gasteiger partial charge in [0.05, 0.1) is 27.7 Å². The fourth-order valence-electron chi connectivity index (χ4n) is 5.55. The van der Waals surface area contributed by atoms with Gasteiger partial charge in [0.1, 0.15) is 18.0 Å². The van der Waals surface area contributed by atoms with E-state index in [0.29, 0.717) is 43.3 Å². The van der Waals surface area contributed by atoms with Crippen molar-refractivity contribution in [2.45, 2.75) is 13.5 Å². The topological polar surface area (TPSA) is 74.3 Å². The lowest BCUT2D eigenvalue weighted by Crippen LogP contribution is -2.33. The number of para-hydroxylation sites is 2. The lowest BCUT2D eigenvalue weighted by atomic mass is 10.1. The molecule has 49 heavy (non-hydrogen) atoms. The first kappa shape index (κ1) is 32.7. The van der Waals surface area contributed by atoms with Crippen LogP contribution in [0, 0.1) is 6.92 Å². The third-order valence-electron chi connectivity index (χ3n) is 8.13. The molecule has 244 valence electrons. The Bertz CT molecular complexity index is 2310. The molecule has 1 aliphatic heterocycles. The van der Waals surface area contributed by atoms with Gasteiger partial charge in [-0.25, -0.2) is 9.36 Å². The zero-order chi connectivity index (χ0) is 34.2. The number of anilines is 1. The number of thioether (sulfide) groups is 1. The molecule has 1 saturated heterocycles. The van der Waals surface area contributed by atoms with Crippen molar-refractivity contribution in [1.82, 2.24) is 19.1 Å². The number of amides is 1. The lowest BCUT2D eigenvalue weighted by molar-refractivity contribution is -0.113. The van der Waals surface area contributed by atoms with Crippen molar-refractivity contribution in [3.8, 4) is 28.4 Å². The van der Waals surface area contributed by atoms with E-state index >= 15 is 0 Å². The number of carbonyl (C=O) groups excluding carboxylic acids is 1. The summed E-state index contributed by atoms with van der Waals surface area (Å²) in [5, 5.41) is 6.01. The number of thiocarbonyl (C=S) groups is 1. The van der Waals surface area contributed by atoms with Crippen molar-refractivity contribution >= 4 is 69.2 Å². The smallest absolute Gasteiger partial charge is 0.296 e. The molecule has 2 aromatic heterocycles. The van der Waals surface area contributed by atoms with Crippen molar-refractivity contribution < 1.29 is 9.53 Å². The minimum atomic E-state index is -0.371. The van der Waals surface area contributed by atoms with Gasteiger partial charge in [-0.1, -0.05) is 89.6 Å². The number of rotatable bonds is 8. The van der Waals surface area contributed by atoms with Crippen LogP contribution in [0.15, 0.2) is 119 Å². The SMILES string of the molecule is Cc1c(N2C(=O)/C(=C/c3cn(-c4ccccc4)nc3-c3ccc(OCc4ccc(Cl)cc4Cl)cc3)SC2=S)c(=O)n(-c2ccccc2)n1C. The van der Waals surface area contributed by atoms with Crippen LogP contribution in [0.4, 0.5) is 5.69 Å². The van der Waals surface area contributed by atoms with Crippen molar-refractivity contribution in [3.63, 3.8) is 0 Å². The largest absolute Gasteiger partial charge is 0.489 e. The molecule has 0 N–H and O–H groups in total. The summed E-state index contributed by atoms with van der Waals surface area (Å²) in [6, 6.07) is 31.8. The van der Waals surface area contributed by atoms with Crippen LogP contribution >= 0.6 is 47.2 Å². The summed E-state index contributed by atoms with van der Waals surface area (Å²) in [5.41, 5.74) is 5.06. The Balaban J connectivity index is 1.22. The Morgan fingerprint density at radius 1 is 0.898 bits per heavy atom. The van der Waals surface area contributed by atoms with Crippen molar-refractivity contribution in [3.05, 3.63) is 151 Å². The predicted octanol–water partition coefficient (Wildman–Crippen LogP) is 8.63. The zero-order valence-electron chi connectivity index (χ0n) is 26.2. The number of aromatic nitrogens is 4. The molecule has 12 heteroatoms. The highest BCUT2D eigenvalue weighted by Gasteiger charge is 2.38. The second-order valence-corrected chi connectivity index (χ2v) is 13.7. The second kappa shape index (κ2) is 13.6. The molecule has 0 unspecified atom stereocenters. The first-order valence-corrected chi connectivity index (χ1v) is 17.1. The summed E-state index contributed by atoms with van der Waals surface area (Å²) in [7, 11) is 1.79. The van der Waals surface area contributed by atoms with Gasteiger partial charge in [-0.2, -0.15) is 5.10 Å². The van der Waals surface area contributed by atoms with E-state index in [1.165, 1.54) is 9.58 Å². The van der Waals surface area contributed by atoms with Gasteiger partial charge in [0.25, 0.3) is 11.5 Å². The van der Waals surface area contributed by atoms with Crippen LogP contribution in [-0.4, -0.2) is 29.4 Å². The van der Waals surface area contributed by atoms with Crippen LogP contribution in [0.3, 0.4) is 0 Å². The molecule has 1 aliphatic rings. The fourth-order valence-corrected chi connectivity index (χ4v) is 7.28. The Hall–Kier alpha value is -4.87. The van der Waals surface area contributed by atoms with Gasteiger partial charge in [-0.3, -0.25) is 19.2 Å². The predicted molar refractivity (Wildman–Crippen MR) is 201 cm³/mol. The van der Waals surface area contributed by atoms with Crippen LogP contribution in [-0.2, 0) is 18.4 Å². The molecule has 0 aliphatic carbocycles. The van der Waals surface area contributed by atoms with E-state index < -0.39 is 0 Å². The highest BCUT2D eigenvalue weighted by Crippen LogP contribution is 2.38. The maximum absolute atomic E-state index is 14.0. The Labute approximate surface area is 301 Å².